The topological polar surface area (TPSA) is 80.3 Å². The fourth-order valence-corrected chi connectivity index (χ4v) is 2.25. The number of nitrogens with zero attached hydrogens (tertiary/aromatic N) is 4. The monoisotopic (exact) mass is 500 g/mol. The van der Waals surface area contributed by atoms with Gasteiger partial charge in [0.05, 0.1) is 18.8 Å². The lowest BCUT2D eigenvalue weighted by Crippen LogP contribution is -2.36. The van der Waals surface area contributed by atoms with Crippen molar-refractivity contribution in [1.29, 1.82) is 0 Å². The summed E-state index contributed by atoms with van der Waals surface area (Å²) in [6.45, 7) is 6.63. The molecule has 2 aromatic heterocycles. The average Bonchev–Trinajstić information content (AvgIpc) is 3.16. The minimum atomic E-state index is -4.51. The molecule has 0 bridgehead atoms. The van der Waals surface area contributed by atoms with Gasteiger partial charge in [-0.2, -0.15) is 18.3 Å². The molecule has 7 nitrogen and oxygen atoms in total. The van der Waals surface area contributed by atoms with Crippen molar-refractivity contribution in [3.63, 3.8) is 0 Å². The van der Waals surface area contributed by atoms with Crippen molar-refractivity contribution < 1.29 is 17.7 Å². The molecular formula is C16H24F3IN6O. The Balaban J connectivity index is 0.00000364. The van der Waals surface area contributed by atoms with Crippen LogP contribution in [0.5, 0.6) is 0 Å². The minimum Gasteiger partial charge on any atom is -0.359 e. The van der Waals surface area contributed by atoms with Crippen LogP contribution in [0.25, 0.3) is 0 Å². The second-order valence-electron chi connectivity index (χ2n) is 6.10. The third kappa shape index (κ3) is 6.70. The molecule has 0 unspecified atom stereocenters. The van der Waals surface area contributed by atoms with Crippen molar-refractivity contribution in [1.82, 2.24) is 25.6 Å². The summed E-state index contributed by atoms with van der Waals surface area (Å²) in [5.41, 5.74) is -0.0655. The highest BCUT2D eigenvalue weighted by Crippen LogP contribution is 2.30. The summed E-state index contributed by atoms with van der Waals surface area (Å²) in [5, 5.41) is 13.4. The molecule has 0 saturated heterocycles. The first kappa shape index (κ1) is 23.2. The Morgan fingerprint density at radius 1 is 1.33 bits per heavy atom. The summed E-state index contributed by atoms with van der Waals surface area (Å²) >= 11 is 0. The minimum absolute atomic E-state index is 0. The van der Waals surface area contributed by atoms with E-state index in [1.54, 1.807) is 0 Å². The molecule has 0 fully saturated rings. The standard InChI is InChI=1S/C16H23F3N6O.HI/c1-5-20-15(22-8-12-6-13(10(2)3)24-26-12)21-7-11-9-25(4)23-14(11)16(17,18)19;/h6,9-10H,5,7-8H2,1-4H3,(H2,20,21,22);1H. The van der Waals surface area contributed by atoms with Gasteiger partial charge in [0, 0.05) is 31.4 Å². The predicted molar refractivity (Wildman–Crippen MR) is 106 cm³/mol. The highest BCUT2D eigenvalue weighted by molar-refractivity contribution is 14.0. The third-order valence-corrected chi connectivity index (χ3v) is 3.52. The van der Waals surface area contributed by atoms with Crippen molar-refractivity contribution in [2.45, 2.75) is 46.0 Å². The molecule has 11 heteroatoms. The van der Waals surface area contributed by atoms with Crippen molar-refractivity contribution in [3.8, 4) is 0 Å². The summed E-state index contributed by atoms with van der Waals surface area (Å²) in [7, 11) is 1.45. The first-order valence-electron chi connectivity index (χ1n) is 8.28. The molecule has 0 aliphatic carbocycles. The molecule has 152 valence electrons. The molecule has 0 radical (unpaired) electrons. The molecule has 2 N–H and O–H groups in total. The Kier molecular flexibility index (Phi) is 8.57. The lowest BCUT2D eigenvalue weighted by Gasteiger charge is -2.10. The van der Waals surface area contributed by atoms with Crippen molar-refractivity contribution in [2.24, 2.45) is 12.0 Å². The molecule has 0 spiro atoms. The van der Waals surface area contributed by atoms with Crippen molar-refractivity contribution in [3.05, 3.63) is 35.0 Å². The van der Waals surface area contributed by atoms with Gasteiger partial charge in [-0.25, -0.2) is 4.99 Å². The van der Waals surface area contributed by atoms with E-state index >= 15 is 0 Å². The van der Waals surface area contributed by atoms with E-state index in [1.165, 1.54) is 13.2 Å². The number of hydrogen-bond acceptors (Lipinski definition) is 4. The van der Waals surface area contributed by atoms with Crippen molar-refractivity contribution >= 4 is 29.9 Å². The molecule has 0 atom stereocenters. The van der Waals surface area contributed by atoms with Crippen LogP contribution in [0.3, 0.4) is 0 Å². The maximum absolute atomic E-state index is 13.0. The summed E-state index contributed by atoms with van der Waals surface area (Å²) < 4.78 is 45.4. The third-order valence-electron chi connectivity index (χ3n) is 3.52. The number of nitrogens with one attached hydrogen (secondary N) is 2. The molecule has 0 aliphatic rings. The molecule has 0 amide bonds. The van der Waals surface area contributed by atoms with Crippen LogP contribution in [0.15, 0.2) is 21.8 Å². The molecule has 2 rings (SSSR count). The fourth-order valence-electron chi connectivity index (χ4n) is 2.25. The van der Waals surface area contributed by atoms with E-state index in [2.05, 4.69) is 25.9 Å². The highest BCUT2D eigenvalue weighted by Gasteiger charge is 2.36. The van der Waals surface area contributed by atoms with Crippen LogP contribution < -0.4 is 10.6 Å². The summed E-state index contributed by atoms with van der Waals surface area (Å²) in [6.07, 6.45) is -3.19. The summed E-state index contributed by atoms with van der Waals surface area (Å²) in [6, 6.07) is 1.84. The van der Waals surface area contributed by atoms with Gasteiger partial charge in [0.25, 0.3) is 0 Å². The van der Waals surface area contributed by atoms with Gasteiger partial charge in [0.2, 0.25) is 0 Å². The van der Waals surface area contributed by atoms with E-state index in [1.807, 2.05) is 26.8 Å². The van der Waals surface area contributed by atoms with Gasteiger partial charge in [-0.3, -0.25) is 4.68 Å². The SMILES string of the molecule is CCNC(=NCc1cn(C)nc1C(F)(F)F)NCc1cc(C(C)C)no1.I. The van der Waals surface area contributed by atoms with Crippen molar-refractivity contribution in [2.75, 3.05) is 6.54 Å². The van der Waals surface area contributed by atoms with Gasteiger partial charge in [-0.15, -0.1) is 24.0 Å². The van der Waals surface area contributed by atoms with Gasteiger partial charge < -0.3 is 15.2 Å². The Labute approximate surface area is 172 Å². The van der Waals surface area contributed by atoms with Gasteiger partial charge >= 0.3 is 6.18 Å². The number of rotatable bonds is 6. The molecule has 0 aromatic carbocycles. The lowest BCUT2D eigenvalue weighted by molar-refractivity contribution is -0.142. The number of halogens is 4. The number of guanidine groups is 1. The second-order valence-corrected chi connectivity index (χ2v) is 6.10. The number of aromatic nitrogens is 3. The molecule has 0 saturated carbocycles. The van der Waals surface area contributed by atoms with E-state index in [4.69, 9.17) is 4.52 Å². The Morgan fingerprint density at radius 3 is 2.59 bits per heavy atom. The van der Waals surface area contributed by atoms with E-state index in [0.717, 1.165) is 10.4 Å². The molecule has 2 aromatic rings. The number of aliphatic imine (C=N–C) groups is 1. The Morgan fingerprint density at radius 2 is 2.04 bits per heavy atom. The largest absolute Gasteiger partial charge is 0.435 e. The smallest absolute Gasteiger partial charge is 0.359 e. The van der Waals surface area contributed by atoms with Gasteiger partial charge in [-0.05, 0) is 12.8 Å². The second kappa shape index (κ2) is 9.95. The van der Waals surface area contributed by atoms with Gasteiger partial charge in [0.15, 0.2) is 17.4 Å². The summed E-state index contributed by atoms with van der Waals surface area (Å²) in [4.78, 5) is 4.21. The van der Waals surface area contributed by atoms with Crippen LogP contribution in [0.2, 0.25) is 0 Å². The zero-order chi connectivity index (χ0) is 19.3. The fraction of sp³-hybridized carbons (Fsp3) is 0.562. The maximum atomic E-state index is 13.0. The summed E-state index contributed by atoms with van der Waals surface area (Å²) in [5.74, 6) is 1.25. The zero-order valence-electron chi connectivity index (χ0n) is 15.6. The van der Waals surface area contributed by atoms with Crippen LogP contribution in [-0.4, -0.2) is 27.4 Å². The quantitative estimate of drug-likeness (QED) is 0.361. The first-order valence-corrected chi connectivity index (χ1v) is 8.28. The van der Waals surface area contributed by atoms with E-state index in [0.29, 0.717) is 24.8 Å². The molecule has 27 heavy (non-hydrogen) atoms. The molecular weight excluding hydrogens is 476 g/mol. The highest BCUT2D eigenvalue weighted by atomic mass is 127. The number of aryl methyl sites for hydroxylation is 1. The zero-order valence-corrected chi connectivity index (χ0v) is 17.9. The molecule has 2 heterocycles. The maximum Gasteiger partial charge on any atom is 0.435 e. The van der Waals surface area contributed by atoms with E-state index in [9.17, 15) is 13.2 Å². The van der Waals surface area contributed by atoms with E-state index < -0.39 is 11.9 Å². The van der Waals surface area contributed by atoms with Crippen LogP contribution in [0.1, 0.15) is 49.4 Å². The number of hydrogen-bond donors (Lipinski definition) is 2. The number of alkyl halides is 3. The van der Waals surface area contributed by atoms with Gasteiger partial charge in [0.1, 0.15) is 0 Å². The van der Waals surface area contributed by atoms with Crippen LogP contribution in [0, 0.1) is 0 Å². The van der Waals surface area contributed by atoms with E-state index in [-0.39, 0.29) is 42.0 Å². The lowest BCUT2D eigenvalue weighted by atomic mass is 10.1. The Bertz CT molecular complexity index is 754. The van der Waals surface area contributed by atoms with Crippen LogP contribution >= 0.6 is 24.0 Å². The van der Waals surface area contributed by atoms with Crippen LogP contribution in [-0.2, 0) is 26.3 Å². The van der Waals surface area contributed by atoms with Gasteiger partial charge in [-0.1, -0.05) is 19.0 Å². The van der Waals surface area contributed by atoms with Crippen LogP contribution in [0.4, 0.5) is 13.2 Å². The predicted octanol–water partition coefficient (Wildman–Crippen LogP) is 3.42. The first-order chi connectivity index (χ1) is 12.2. The Hall–Kier alpha value is -1.79. The average molecular weight is 500 g/mol. The normalized spacial score (nSPS) is 12.2. The molecule has 0 aliphatic heterocycles.